The van der Waals surface area contributed by atoms with Crippen molar-refractivity contribution in [1.82, 2.24) is 19.4 Å². The van der Waals surface area contributed by atoms with Gasteiger partial charge in [0.1, 0.15) is 5.75 Å². The van der Waals surface area contributed by atoms with Gasteiger partial charge in [-0.2, -0.15) is 5.10 Å². The molecule has 6 rings (SSSR count). The molecule has 3 aromatic rings. The number of nitrogens with zero attached hydrogens (tertiary/aromatic N) is 3. The molecular formula is C25H30N4O3S. The first-order chi connectivity index (χ1) is 16.0. The number of aromatic nitrogens is 2. The number of aryl methyl sites for hydroxylation is 1. The number of rotatable bonds is 7. The van der Waals surface area contributed by atoms with Gasteiger partial charge in [0.05, 0.1) is 17.7 Å². The molecule has 2 aromatic carbocycles. The number of nitrogens with one attached hydrogen (secondary N) is 1. The molecule has 3 aliphatic rings. The fourth-order valence-electron chi connectivity index (χ4n) is 5.39. The van der Waals surface area contributed by atoms with Crippen LogP contribution in [0.2, 0.25) is 0 Å². The number of ether oxygens (including phenoxy) is 1. The maximum atomic E-state index is 12.6. The molecule has 4 atom stereocenters. The highest BCUT2D eigenvalue weighted by molar-refractivity contribution is 7.89. The molecule has 3 saturated heterocycles. The normalized spacial score (nSPS) is 24.7. The summed E-state index contributed by atoms with van der Waals surface area (Å²) in [5.41, 5.74) is 3.15. The molecule has 0 aliphatic carbocycles. The van der Waals surface area contributed by atoms with Crippen molar-refractivity contribution in [3.05, 3.63) is 66.4 Å². The summed E-state index contributed by atoms with van der Waals surface area (Å²) in [4.78, 5) is 2.76. The molecule has 0 saturated carbocycles. The van der Waals surface area contributed by atoms with E-state index in [2.05, 4.69) is 15.7 Å². The molecule has 1 unspecified atom stereocenters. The van der Waals surface area contributed by atoms with Gasteiger partial charge in [-0.3, -0.25) is 9.58 Å². The van der Waals surface area contributed by atoms with E-state index in [1.807, 2.05) is 42.1 Å². The van der Waals surface area contributed by atoms with Crippen LogP contribution in [-0.2, 0) is 17.1 Å². The zero-order valence-corrected chi connectivity index (χ0v) is 19.8. The van der Waals surface area contributed by atoms with Crippen LogP contribution in [0.3, 0.4) is 0 Å². The van der Waals surface area contributed by atoms with E-state index >= 15 is 0 Å². The Morgan fingerprint density at radius 2 is 1.88 bits per heavy atom. The van der Waals surface area contributed by atoms with Gasteiger partial charge in [0.15, 0.2) is 0 Å². The minimum atomic E-state index is -3.49. The molecule has 3 aliphatic heterocycles. The molecule has 4 heterocycles. The van der Waals surface area contributed by atoms with E-state index in [9.17, 15) is 8.42 Å². The van der Waals surface area contributed by atoms with Gasteiger partial charge < -0.3 is 4.74 Å². The average Bonchev–Trinajstić information content (AvgIpc) is 3.25. The number of sulfonamides is 1. The van der Waals surface area contributed by atoms with Crippen LogP contribution in [0.25, 0.3) is 11.3 Å². The third-order valence-electron chi connectivity index (χ3n) is 7.12. The second kappa shape index (κ2) is 8.93. The van der Waals surface area contributed by atoms with Crippen LogP contribution in [0.4, 0.5) is 0 Å². The summed E-state index contributed by atoms with van der Waals surface area (Å²) in [5.74, 6) is 1.73. The number of benzene rings is 2. The third-order valence-corrected chi connectivity index (χ3v) is 8.56. The standard InChI is InChI=1S/C25H30N4O3S/c1-28-24(15-23(27-28)21-10-6-7-11-25(21)32-2)22-17-29-13-12-18(22)14-19(29)16-26-33(30,31)20-8-4-3-5-9-20/h3-11,15,18-19,22,26H,12-14,16-17H2,1-2H3/t18-,19+,22-/m0/s1. The lowest BCUT2D eigenvalue weighted by Crippen LogP contribution is -2.56. The SMILES string of the molecule is COc1ccccc1-c1cc([C@H]2CN3CC[C@H]2C[C@@H]3CNS(=O)(=O)c2ccccc2)n(C)n1. The fourth-order valence-corrected chi connectivity index (χ4v) is 6.48. The van der Waals surface area contributed by atoms with Crippen molar-refractivity contribution in [3.8, 4) is 17.0 Å². The Labute approximate surface area is 195 Å². The van der Waals surface area contributed by atoms with Crippen LogP contribution in [-0.4, -0.2) is 55.9 Å². The van der Waals surface area contributed by atoms with E-state index in [0.29, 0.717) is 23.3 Å². The van der Waals surface area contributed by atoms with Crippen molar-refractivity contribution in [3.63, 3.8) is 0 Å². The molecule has 33 heavy (non-hydrogen) atoms. The zero-order chi connectivity index (χ0) is 23.0. The van der Waals surface area contributed by atoms with Crippen molar-refractivity contribution < 1.29 is 13.2 Å². The van der Waals surface area contributed by atoms with Crippen molar-refractivity contribution in [2.24, 2.45) is 13.0 Å². The topological polar surface area (TPSA) is 76.5 Å². The van der Waals surface area contributed by atoms with Gasteiger partial charge >= 0.3 is 0 Å². The second-order valence-corrected chi connectivity index (χ2v) is 10.7. The summed E-state index contributed by atoms with van der Waals surface area (Å²) in [6, 6.07) is 19.0. The lowest BCUT2D eigenvalue weighted by molar-refractivity contribution is 0.0306. The first-order valence-corrected chi connectivity index (χ1v) is 12.9. The van der Waals surface area contributed by atoms with Gasteiger partial charge in [-0.15, -0.1) is 0 Å². The van der Waals surface area contributed by atoms with Crippen LogP contribution in [0.15, 0.2) is 65.6 Å². The number of methoxy groups -OCH3 is 1. The minimum absolute atomic E-state index is 0.223. The zero-order valence-electron chi connectivity index (χ0n) is 19.0. The Morgan fingerprint density at radius 1 is 1.12 bits per heavy atom. The highest BCUT2D eigenvalue weighted by atomic mass is 32.2. The van der Waals surface area contributed by atoms with E-state index in [4.69, 9.17) is 9.84 Å². The summed E-state index contributed by atoms with van der Waals surface area (Å²) < 4.78 is 35.7. The highest BCUT2D eigenvalue weighted by Gasteiger charge is 2.42. The number of hydrogen-bond donors (Lipinski definition) is 1. The number of para-hydroxylation sites is 1. The first kappa shape index (κ1) is 22.1. The fraction of sp³-hybridized carbons (Fsp3) is 0.400. The van der Waals surface area contributed by atoms with E-state index < -0.39 is 10.0 Å². The molecule has 0 radical (unpaired) electrons. The lowest BCUT2D eigenvalue weighted by Gasteiger charge is -2.49. The van der Waals surface area contributed by atoms with Crippen molar-refractivity contribution >= 4 is 10.0 Å². The van der Waals surface area contributed by atoms with Crippen LogP contribution in [0.1, 0.15) is 24.5 Å². The van der Waals surface area contributed by atoms with Gasteiger partial charge in [0, 0.05) is 43.4 Å². The number of fused-ring (bicyclic) bond motifs is 3. The molecule has 1 N–H and O–H groups in total. The largest absolute Gasteiger partial charge is 0.496 e. The summed E-state index contributed by atoms with van der Waals surface area (Å²) >= 11 is 0. The van der Waals surface area contributed by atoms with Crippen LogP contribution in [0, 0.1) is 5.92 Å². The molecule has 0 amide bonds. The Morgan fingerprint density at radius 3 is 2.61 bits per heavy atom. The number of piperidine rings is 3. The highest BCUT2D eigenvalue weighted by Crippen LogP contribution is 2.42. The van der Waals surface area contributed by atoms with E-state index in [-0.39, 0.29) is 6.04 Å². The van der Waals surface area contributed by atoms with Gasteiger partial charge in [-0.05, 0) is 55.6 Å². The minimum Gasteiger partial charge on any atom is -0.496 e. The van der Waals surface area contributed by atoms with E-state index in [1.54, 1.807) is 31.4 Å². The van der Waals surface area contributed by atoms with E-state index in [1.165, 1.54) is 5.69 Å². The Hall–Kier alpha value is -2.68. The molecule has 3 fully saturated rings. The second-order valence-electron chi connectivity index (χ2n) is 8.98. The van der Waals surface area contributed by atoms with Crippen molar-refractivity contribution in [2.45, 2.75) is 29.7 Å². The Balaban J connectivity index is 1.30. The molecular weight excluding hydrogens is 436 g/mol. The quantitative estimate of drug-likeness (QED) is 0.579. The summed E-state index contributed by atoms with van der Waals surface area (Å²) in [6.45, 7) is 2.38. The third kappa shape index (κ3) is 4.30. The van der Waals surface area contributed by atoms with Crippen LogP contribution in [0.5, 0.6) is 5.75 Å². The Bertz CT molecular complexity index is 1230. The van der Waals surface area contributed by atoms with Gasteiger partial charge in [0.2, 0.25) is 10.0 Å². The molecule has 174 valence electrons. The summed E-state index contributed by atoms with van der Waals surface area (Å²) in [5, 5.41) is 4.80. The first-order valence-electron chi connectivity index (χ1n) is 11.4. The van der Waals surface area contributed by atoms with Gasteiger partial charge in [-0.25, -0.2) is 13.1 Å². The van der Waals surface area contributed by atoms with Gasteiger partial charge in [0.25, 0.3) is 0 Å². The molecule has 0 spiro atoms. The Kier molecular flexibility index (Phi) is 5.99. The van der Waals surface area contributed by atoms with Crippen LogP contribution < -0.4 is 9.46 Å². The van der Waals surface area contributed by atoms with Crippen molar-refractivity contribution in [2.75, 3.05) is 26.7 Å². The summed E-state index contributed by atoms with van der Waals surface area (Å²) in [7, 11) is 0.209. The molecule has 8 heteroatoms. The number of hydrogen-bond acceptors (Lipinski definition) is 5. The molecule has 7 nitrogen and oxygen atoms in total. The lowest BCUT2D eigenvalue weighted by atomic mass is 9.74. The predicted molar refractivity (Wildman–Crippen MR) is 128 cm³/mol. The van der Waals surface area contributed by atoms with Crippen LogP contribution >= 0.6 is 0 Å². The molecule has 1 aromatic heterocycles. The van der Waals surface area contributed by atoms with E-state index in [0.717, 1.165) is 42.9 Å². The average molecular weight is 467 g/mol. The maximum absolute atomic E-state index is 12.6. The molecule has 2 bridgehead atoms. The maximum Gasteiger partial charge on any atom is 0.240 e. The smallest absolute Gasteiger partial charge is 0.240 e. The summed E-state index contributed by atoms with van der Waals surface area (Å²) in [6.07, 6.45) is 2.11. The predicted octanol–water partition coefficient (Wildman–Crippen LogP) is 3.25. The van der Waals surface area contributed by atoms with Gasteiger partial charge in [-0.1, -0.05) is 30.3 Å². The van der Waals surface area contributed by atoms with Crippen molar-refractivity contribution in [1.29, 1.82) is 0 Å². The monoisotopic (exact) mass is 466 g/mol.